The molecular formula is C21H22FN5O2S. The molecule has 0 fully saturated rings. The van der Waals surface area contributed by atoms with Gasteiger partial charge in [0.2, 0.25) is 11.8 Å². The lowest BCUT2D eigenvalue weighted by atomic mass is 10.1. The molecule has 2 aromatic carbocycles. The molecule has 2 amide bonds. The molecule has 3 aromatic rings. The number of hydrogen-bond donors (Lipinski definition) is 2. The van der Waals surface area contributed by atoms with Crippen molar-refractivity contribution in [2.75, 3.05) is 5.32 Å². The molecule has 0 spiro atoms. The second-order valence-corrected chi connectivity index (χ2v) is 8.06. The Morgan fingerprint density at radius 2 is 1.87 bits per heavy atom. The van der Waals surface area contributed by atoms with Crippen molar-refractivity contribution in [3.63, 3.8) is 0 Å². The molecule has 0 saturated carbocycles. The highest BCUT2D eigenvalue weighted by Gasteiger charge is 2.20. The number of nitrogens with zero attached hydrogens (tertiary/aromatic N) is 3. The van der Waals surface area contributed by atoms with Crippen molar-refractivity contribution in [1.29, 1.82) is 0 Å². The molecule has 7 nitrogen and oxygen atoms in total. The molecule has 0 aliphatic heterocycles. The maximum Gasteiger partial charge on any atom is 0.233 e. The van der Waals surface area contributed by atoms with E-state index < -0.39 is 5.25 Å². The van der Waals surface area contributed by atoms with E-state index in [4.69, 9.17) is 0 Å². The van der Waals surface area contributed by atoms with Crippen molar-refractivity contribution in [3.05, 3.63) is 66.2 Å². The van der Waals surface area contributed by atoms with Gasteiger partial charge in [0.25, 0.3) is 0 Å². The highest BCUT2D eigenvalue weighted by molar-refractivity contribution is 8.00. The van der Waals surface area contributed by atoms with Crippen molar-refractivity contribution in [2.45, 2.75) is 37.2 Å². The van der Waals surface area contributed by atoms with Gasteiger partial charge in [0, 0.05) is 12.6 Å². The molecule has 30 heavy (non-hydrogen) atoms. The fourth-order valence-corrected chi connectivity index (χ4v) is 3.65. The minimum Gasteiger partial charge on any atom is -0.349 e. The molecule has 2 unspecified atom stereocenters. The minimum atomic E-state index is -0.436. The number of halogens is 1. The second kappa shape index (κ2) is 9.53. The highest BCUT2D eigenvalue weighted by atomic mass is 32.2. The summed E-state index contributed by atoms with van der Waals surface area (Å²) in [5.41, 5.74) is 2.24. The molecule has 0 saturated heterocycles. The zero-order valence-corrected chi connectivity index (χ0v) is 17.6. The average Bonchev–Trinajstić information content (AvgIpc) is 3.16. The molecule has 9 heteroatoms. The number of amides is 2. The Morgan fingerprint density at radius 1 is 1.13 bits per heavy atom. The van der Waals surface area contributed by atoms with E-state index in [1.807, 2.05) is 19.1 Å². The van der Waals surface area contributed by atoms with Crippen molar-refractivity contribution < 1.29 is 14.0 Å². The van der Waals surface area contributed by atoms with Gasteiger partial charge < -0.3 is 10.6 Å². The molecular weight excluding hydrogens is 405 g/mol. The molecule has 2 atom stereocenters. The van der Waals surface area contributed by atoms with Crippen LogP contribution < -0.4 is 10.6 Å². The van der Waals surface area contributed by atoms with Crippen LogP contribution in [0.5, 0.6) is 0 Å². The summed E-state index contributed by atoms with van der Waals surface area (Å²) < 4.78 is 14.8. The van der Waals surface area contributed by atoms with Gasteiger partial charge in [-0.05, 0) is 49.7 Å². The third-order valence-corrected chi connectivity index (χ3v) is 5.40. The van der Waals surface area contributed by atoms with Gasteiger partial charge >= 0.3 is 0 Å². The monoisotopic (exact) mass is 427 g/mol. The summed E-state index contributed by atoms with van der Waals surface area (Å²) >= 11 is 1.27. The Balaban J connectivity index is 1.68. The van der Waals surface area contributed by atoms with Crippen LogP contribution in [0.1, 0.15) is 32.4 Å². The van der Waals surface area contributed by atoms with E-state index in [-0.39, 0.29) is 23.7 Å². The lowest BCUT2D eigenvalue weighted by molar-refractivity contribution is -0.121. The summed E-state index contributed by atoms with van der Waals surface area (Å²) in [6.45, 7) is 5.07. The third kappa shape index (κ3) is 5.44. The van der Waals surface area contributed by atoms with Gasteiger partial charge in [-0.1, -0.05) is 30.0 Å². The van der Waals surface area contributed by atoms with Crippen molar-refractivity contribution in [2.24, 2.45) is 0 Å². The molecule has 0 aliphatic rings. The van der Waals surface area contributed by atoms with Gasteiger partial charge in [0.15, 0.2) is 5.16 Å². The summed E-state index contributed by atoms with van der Waals surface area (Å²) in [4.78, 5) is 23.9. The smallest absolute Gasteiger partial charge is 0.233 e. The van der Waals surface area contributed by atoms with Gasteiger partial charge in [-0.3, -0.25) is 14.2 Å². The fourth-order valence-electron chi connectivity index (χ4n) is 2.80. The molecule has 0 aliphatic carbocycles. The van der Waals surface area contributed by atoms with Crippen LogP contribution in [0.25, 0.3) is 5.69 Å². The fraction of sp³-hybridized carbons (Fsp3) is 0.238. The summed E-state index contributed by atoms with van der Waals surface area (Å²) in [6.07, 6.45) is 1.56. The van der Waals surface area contributed by atoms with E-state index in [1.165, 1.54) is 30.8 Å². The number of nitrogens with one attached hydrogen (secondary N) is 2. The average molecular weight is 428 g/mol. The lowest BCUT2D eigenvalue weighted by Gasteiger charge is -2.18. The van der Waals surface area contributed by atoms with E-state index in [0.29, 0.717) is 10.8 Å². The Hall–Kier alpha value is -3.20. The van der Waals surface area contributed by atoms with Crippen molar-refractivity contribution in [3.8, 4) is 5.69 Å². The van der Waals surface area contributed by atoms with Gasteiger partial charge in [-0.15, -0.1) is 10.2 Å². The predicted octanol–water partition coefficient (Wildman–Crippen LogP) is 3.72. The first-order chi connectivity index (χ1) is 14.3. The zero-order valence-electron chi connectivity index (χ0n) is 16.8. The van der Waals surface area contributed by atoms with Gasteiger partial charge in [0.05, 0.1) is 17.0 Å². The summed E-state index contributed by atoms with van der Waals surface area (Å²) in [6, 6.07) is 13.0. The summed E-state index contributed by atoms with van der Waals surface area (Å²) in [5.74, 6) is -0.646. The Labute approximate surface area is 178 Å². The Kier molecular flexibility index (Phi) is 6.83. The Morgan fingerprint density at radius 3 is 2.57 bits per heavy atom. The van der Waals surface area contributed by atoms with Gasteiger partial charge in [-0.25, -0.2) is 4.39 Å². The summed E-state index contributed by atoms with van der Waals surface area (Å²) in [5, 5.41) is 13.9. The second-order valence-electron chi connectivity index (χ2n) is 6.76. The first-order valence-corrected chi connectivity index (χ1v) is 10.2. The first kappa shape index (κ1) is 21.5. The minimum absolute atomic E-state index is 0.161. The van der Waals surface area contributed by atoms with E-state index in [0.717, 1.165) is 11.3 Å². The molecule has 3 rings (SSSR count). The van der Waals surface area contributed by atoms with Crippen LogP contribution in [-0.2, 0) is 9.59 Å². The number of benzene rings is 2. The highest BCUT2D eigenvalue weighted by Crippen LogP contribution is 2.26. The molecule has 2 N–H and O–H groups in total. The largest absolute Gasteiger partial charge is 0.349 e. The standard InChI is InChI=1S/C21H22FN5O2S/c1-13(16-7-9-17(22)10-8-16)24-20(29)14(2)30-21-26-23-12-27(21)19-6-4-5-18(11-19)25-15(3)28/h4-14H,1-3H3,(H,24,29)(H,25,28). The summed E-state index contributed by atoms with van der Waals surface area (Å²) in [7, 11) is 0. The maximum atomic E-state index is 13.1. The predicted molar refractivity (Wildman–Crippen MR) is 114 cm³/mol. The van der Waals surface area contributed by atoms with Crippen LogP contribution in [0, 0.1) is 5.82 Å². The van der Waals surface area contributed by atoms with E-state index in [9.17, 15) is 14.0 Å². The lowest BCUT2D eigenvalue weighted by Crippen LogP contribution is -2.33. The normalized spacial score (nSPS) is 12.8. The number of thioether (sulfide) groups is 1. The molecule has 156 valence electrons. The maximum absolute atomic E-state index is 13.1. The number of carbonyl (C=O) groups excluding carboxylic acids is 2. The quantitative estimate of drug-likeness (QED) is 0.561. The zero-order chi connectivity index (χ0) is 21.7. The Bertz CT molecular complexity index is 1040. The van der Waals surface area contributed by atoms with Gasteiger partial charge in [-0.2, -0.15) is 0 Å². The van der Waals surface area contributed by atoms with E-state index >= 15 is 0 Å². The molecule has 0 radical (unpaired) electrons. The van der Waals surface area contributed by atoms with Crippen LogP contribution in [0.3, 0.4) is 0 Å². The number of hydrogen-bond acceptors (Lipinski definition) is 5. The van der Waals surface area contributed by atoms with Gasteiger partial charge in [0.1, 0.15) is 12.1 Å². The third-order valence-electron chi connectivity index (χ3n) is 4.34. The SMILES string of the molecule is CC(=O)Nc1cccc(-n2cnnc2SC(C)C(=O)NC(C)c2ccc(F)cc2)c1. The molecule has 1 aromatic heterocycles. The van der Waals surface area contributed by atoms with Crippen LogP contribution >= 0.6 is 11.8 Å². The van der Waals surface area contributed by atoms with Crippen molar-refractivity contribution >= 4 is 29.3 Å². The molecule has 1 heterocycles. The number of carbonyl (C=O) groups is 2. The van der Waals surface area contributed by atoms with Crippen LogP contribution in [-0.4, -0.2) is 31.8 Å². The number of rotatable bonds is 7. The van der Waals surface area contributed by atoms with Crippen LogP contribution in [0.2, 0.25) is 0 Å². The van der Waals surface area contributed by atoms with Crippen LogP contribution in [0.4, 0.5) is 10.1 Å². The van der Waals surface area contributed by atoms with E-state index in [1.54, 1.807) is 42.1 Å². The van der Waals surface area contributed by atoms with Crippen molar-refractivity contribution in [1.82, 2.24) is 20.1 Å². The van der Waals surface area contributed by atoms with E-state index in [2.05, 4.69) is 20.8 Å². The number of anilines is 1. The van der Waals surface area contributed by atoms with Crippen LogP contribution in [0.15, 0.2) is 60.0 Å². The molecule has 0 bridgehead atoms. The number of aromatic nitrogens is 3. The first-order valence-electron chi connectivity index (χ1n) is 9.34. The topological polar surface area (TPSA) is 88.9 Å².